The van der Waals surface area contributed by atoms with E-state index in [-0.39, 0.29) is 37.1 Å². The molecule has 1 aromatic carbocycles. The minimum Gasteiger partial charge on any atom is -0.459 e. The molecule has 142 valence electrons. The summed E-state index contributed by atoms with van der Waals surface area (Å²) in [5.41, 5.74) is -0.779. The highest BCUT2D eigenvalue weighted by Crippen LogP contribution is 2.18. The Kier molecular flexibility index (Phi) is 10.0. The molecule has 0 aromatic heterocycles. The predicted octanol–water partition coefficient (Wildman–Crippen LogP) is 2.41. The van der Waals surface area contributed by atoms with Crippen molar-refractivity contribution in [2.45, 2.75) is 45.8 Å². The lowest BCUT2D eigenvalue weighted by molar-refractivity contribution is -0.152. The van der Waals surface area contributed by atoms with Crippen LogP contribution in [0.15, 0.2) is 35.3 Å². The molecule has 1 atom stereocenters. The van der Waals surface area contributed by atoms with E-state index in [1.54, 1.807) is 6.92 Å². The number of nitrogens with zero attached hydrogens (tertiary/aromatic N) is 1. The van der Waals surface area contributed by atoms with Crippen molar-refractivity contribution in [2.75, 3.05) is 19.6 Å². The number of aliphatic imine (C=N–C) groups is 1. The van der Waals surface area contributed by atoms with E-state index >= 15 is 0 Å². The summed E-state index contributed by atoms with van der Waals surface area (Å²) >= 11 is 0. The standard InChI is InChI=1S/C18H29N3O3.HI/c1-6-19-16(20-12-15(22)24-17(2,3)4)21-13-18(5,23)14-10-8-7-9-11-14;/h7-11,23H,6,12-13H2,1-5H3,(H2,19,20,21);1H. The number of guanidine groups is 1. The second kappa shape index (κ2) is 10.6. The van der Waals surface area contributed by atoms with Gasteiger partial charge in [-0.2, -0.15) is 0 Å². The van der Waals surface area contributed by atoms with Gasteiger partial charge in [0.2, 0.25) is 0 Å². The summed E-state index contributed by atoms with van der Waals surface area (Å²) in [6.07, 6.45) is 0. The van der Waals surface area contributed by atoms with Crippen LogP contribution in [0.2, 0.25) is 0 Å². The molecule has 6 nitrogen and oxygen atoms in total. The molecule has 3 N–H and O–H groups in total. The average molecular weight is 463 g/mol. The molecule has 0 amide bonds. The number of hydrogen-bond acceptors (Lipinski definition) is 4. The highest BCUT2D eigenvalue weighted by molar-refractivity contribution is 14.0. The zero-order valence-electron chi connectivity index (χ0n) is 15.6. The second-order valence-electron chi connectivity index (χ2n) is 6.78. The van der Waals surface area contributed by atoms with E-state index in [2.05, 4.69) is 15.6 Å². The molecule has 1 rings (SSSR count). The van der Waals surface area contributed by atoms with Gasteiger partial charge in [0, 0.05) is 6.54 Å². The summed E-state index contributed by atoms with van der Waals surface area (Å²) in [6.45, 7) is 9.93. The van der Waals surface area contributed by atoms with Crippen LogP contribution in [-0.4, -0.2) is 42.3 Å². The quantitative estimate of drug-likeness (QED) is 0.261. The fraction of sp³-hybridized carbons (Fsp3) is 0.556. The number of esters is 1. The fourth-order valence-corrected chi connectivity index (χ4v) is 2.01. The minimum atomic E-state index is -1.05. The van der Waals surface area contributed by atoms with E-state index in [0.717, 1.165) is 5.56 Å². The summed E-state index contributed by atoms with van der Waals surface area (Å²) < 4.78 is 5.23. The molecule has 0 heterocycles. The predicted molar refractivity (Wildman–Crippen MR) is 111 cm³/mol. The Morgan fingerprint density at radius 2 is 1.76 bits per heavy atom. The van der Waals surface area contributed by atoms with Crippen molar-refractivity contribution in [3.8, 4) is 0 Å². The third kappa shape index (κ3) is 9.64. The molecule has 25 heavy (non-hydrogen) atoms. The van der Waals surface area contributed by atoms with Crippen molar-refractivity contribution in [1.82, 2.24) is 10.6 Å². The first kappa shape index (κ1) is 23.6. The smallest absolute Gasteiger partial charge is 0.328 e. The van der Waals surface area contributed by atoms with Crippen LogP contribution in [0.5, 0.6) is 0 Å². The lowest BCUT2D eigenvalue weighted by Crippen LogP contribution is -2.44. The average Bonchev–Trinajstić information content (AvgIpc) is 2.49. The number of halogens is 1. The van der Waals surface area contributed by atoms with Gasteiger partial charge in [0.1, 0.15) is 17.7 Å². The summed E-state index contributed by atoms with van der Waals surface area (Å²) in [7, 11) is 0. The second-order valence-corrected chi connectivity index (χ2v) is 6.78. The van der Waals surface area contributed by atoms with Crippen molar-refractivity contribution in [2.24, 2.45) is 4.99 Å². The monoisotopic (exact) mass is 463 g/mol. The number of carbonyl (C=O) groups excluding carboxylic acids is 1. The number of rotatable bonds is 6. The first-order chi connectivity index (χ1) is 11.1. The fourth-order valence-electron chi connectivity index (χ4n) is 2.01. The summed E-state index contributed by atoms with van der Waals surface area (Å²) in [6, 6.07) is 9.40. The van der Waals surface area contributed by atoms with Crippen LogP contribution in [0.25, 0.3) is 0 Å². The highest BCUT2D eigenvalue weighted by Gasteiger charge is 2.23. The SMILES string of the molecule is CCNC(=NCC(=O)OC(C)(C)C)NCC(C)(O)c1ccccc1.I. The molecule has 0 aliphatic carbocycles. The number of nitrogens with one attached hydrogen (secondary N) is 2. The first-order valence-electron chi connectivity index (χ1n) is 8.16. The molecular weight excluding hydrogens is 433 g/mol. The normalized spacial score (nSPS) is 14.1. The maximum atomic E-state index is 11.8. The van der Waals surface area contributed by atoms with Crippen LogP contribution in [0, 0.1) is 0 Å². The Balaban J connectivity index is 0.00000576. The number of ether oxygens (including phenoxy) is 1. The molecule has 0 aliphatic heterocycles. The maximum Gasteiger partial charge on any atom is 0.328 e. The zero-order valence-corrected chi connectivity index (χ0v) is 18.0. The van der Waals surface area contributed by atoms with Gasteiger partial charge < -0.3 is 20.5 Å². The van der Waals surface area contributed by atoms with Crippen LogP contribution in [0.4, 0.5) is 0 Å². The Hall–Kier alpha value is -1.35. The molecule has 7 heteroatoms. The van der Waals surface area contributed by atoms with Crippen LogP contribution >= 0.6 is 24.0 Å². The third-order valence-electron chi connectivity index (χ3n) is 3.13. The van der Waals surface area contributed by atoms with Gasteiger partial charge in [-0.1, -0.05) is 30.3 Å². The topological polar surface area (TPSA) is 83.0 Å². The van der Waals surface area contributed by atoms with Gasteiger partial charge >= 0.3 is 5.97 Å². The van der Waals surface area contributed by atoms with Gasteiger partial charge in [0.15, 0.2) is 5.96 Å². The molecule has 0 bridgehead atoms. The van der Waals surface area contributed by atoms with Gasteiger partial charge in [-0.05, 0) is 40.2 Å². The molecule has 0 fully saturated rings. The van der Waals surface area contributed by atoms with Crippen molar-refractivity contribution in [3.63, 3.8) is 0 Å². The largest absolute Gasteiger partial charge is 0.459 e. The van der Waals surface area contributed by atoms with Gasteiger partial charge in [-0.25, -0.2) is 4.99 Å². The molecule has 1 aromatic rings. The number of carbonyl (C=O) groups is 1. The summed E-state index contributed by atoms with van der Waals surface area (Å²) in [5.74, 6) is 0.0640. The van der Waals surface area contributed by atoms with Gasteiger partial charge in [-0.3, -0.25) is 4.79 Å². The van der Waals surface area contributed by atoms with Crippen LogP contribution < -0.4 is 10.6 Å². The first-order valence-corrected chi connectivity index (χ1v) is 8.16. The molecular formula is C18H30IN3O3. The molecule has 0 aliphatic rings. The van der Waals surface area contributed by atoms with Crippen molar-refractivity contribution in [1.29, 1.82) is 0 Å². The number of aliphatic hydroxyl groups is 1. The Morgan fingerprint density at radius 3 is 2.28 bits per heavy atom. The van der Waals surface area contributed by atoms with E-state index in [0.29, 0.717) is 12.5 Å². The van der Waals surface area contributed by atoms with E-state index in [4.69, 9.17) is 4.74 Å². The van der Waals surface area contributed by atoms with Crippen LogP contribution in [-0.2, 0) is 15.1 Å². The number of benzene rings is 1. The Labute approximate surface area is 167 Å². The summed E-state index contributed by atoms with van der Waals surface area (Å²) in [4.78, 5) is 16.0. The molecule has 1 unspecified atom stereocenters. The zero-order chi connectivity index (χ0) is 18.2. The molecule has 0 spiro atoms. The van der Waals surface area contributed by atoms with Gasteiger partial charge in [0.05, 0.1) is 6.54 Å². The molecule has 0 saturated heterocycles. The van der Waals surface area contributed by atoms with Crippen molar-refractivity contribution < 1.29 is 14.6 Å². The lowest BCUT2D eigenvalue weighted by atomic mass is 9.96. The highest BCUT2D eigenvalue weighted by atomic mass is 127. The van der Waals surface area contributed by atoms with E-state index in [1.165, 1.54) is 0 Å². The lowest BCUT2D eigenvalue weighted by Gasteiger charge is -2.25. The van der Waals surface area contributed by atoms with Crippen LogP contribution in [0.3, 0.4) is 0 Å². The number of hydrogen-bond donors (Lipinski definition) is 3. The van der Waals surface area contributed by atoms with Crippen molar-refractivity contribution in [3.05, 3.63) is 35.9 Å². The maximum absolute atomic E-state index is 11.8. The van der Waals surface area contributed by atoms with Crippen molar-refractivity contribution >= 4 is 35.9 Å². The summed E-state index contributed by atoms with van der Waals surface area (Å²) in [5, 5.41) is 16.7. The molecule has 0 radical (unpaired) electrons. The minimum absolute atomic E-state index is 0. The van der Waals surface area contributed by atoms with Gasteiger partial charge in [-0.15, -0.1) is 24.0 Å². The van der Waals surface area contributed by atoms with E-state index in [9.17, 15) is 9.90 Å². The van der Waals surface area contributed by atoms with Gasteiger partial charge in [0.25, 0.3) is 0 Å². The Bertz CT molecular complexity index is 554. The van der Waals surface area contributed by atoms with Crippen LogP contribution in [0.1, 0.15) is 40.2 Å². The molecule has 0 saturated carbocycles. The third-order valence-corrected chi connectivity index (χ3v) is 3.13. The van der Waals surface area contributed by atoms with E-state index < -0.39 is 17.2 Å². The van der Waals surface area contributed by atoms with E-state index in [1.807, 2.05) is 58.0 Å². The Morgan fingerprint density at radius 1 is 1.16 bits per heavy atom.